The fourth-order valence-electron chi connectivity index (χ4n) is 2.23. The number of fused-ring (bicyclic) bond motifs is 1. The van der Waals surface area contributed by atoms with Gasteiger partial charge in [0.25, 0.3) is 0 Å². The minimum atomic E-state index is 0.151. The van der Waals surface area contributed by atoms with E-state index >= 15 is 0 Å². The van der Waals surface area contributed by atoms with E-state index in [9.17, 15) is 0 Å². The van der Waals surface area contributed by atoms with Crippen LogP contribution in [0, 0.1) is 0 Å². The smallest absolute Gasteiger partial charge is 0.120 e. The Balaban J connectivity index is 1.51. The van der Waals surface area contributed by atoms with E-state index in [2.05, 4.69) is 23.3 Å². The van der Waals surface area contributed by atoms with Gasteiger partial charge >= 0.3 is 0 Å². The molecule has 19 heavy (non-hydrogen) atoms. The molecule has 0 aliphatic carbocycles. The zero-order chi connectivity index (χ0) is 13.1. The summed E-state index contributed by atoms with van der Waals surface area (Å²) in [6, 6.07) is 8.17. The number of aromatic nitrogens is 1. The summed E-state index contributed by atoms with van der Waals surface area (Å²) in [6.07, 6.45) is 0.419. The number of para-hydroxylation sites is 1. The minimum absolute atomic E-state index is 0.151. The number of rotatable bonds is 4. The Morgan fingerprint density at radius 3 is 3.16 bits per heavy atom. The monoisotopic (exact) mass is 278 g/mol. The molecule has 1 N–H and O–H groups in total. The summed E-state index contributed by atoms with van der Waals surface area (Å²) in [4.78, 5) is 4.55. The summed E-state index contributed by atoms with van der Waals surface area (Å²) in [7, 11) is 0. The SMILES string of the molecule is CC1CNCC(COCc2nc3ccccc3s2)O1. The Hall–Kier alpha value is -1.01. The number of morpholine rings is 1. The second-order valence-corrected chi connectivity index (χ2v) is 5.93. The van der Waals surface area contributed by atoms with Crippen LogP contribution in [0.15, 0.2) is 24.3 Å². The van der Waals surface area contributed by atoms with Crippen LogP contribution in [-0.2, 0) is 16.1 Å². The summed E-state index contributed by atoms with van der Waals surface area (Å²) in [6.45, 7) is 5.05. The van der Waals surface area contributed by atoms with E-state index in [1.54, 1.807) is 11.3 Å². The molecule has 1 aromatic heterocycles. The van der Waals surface area contributed by atoms with Gasteiger partial charge in [0.05, 0.1) is 35.6 Å². The third-order valence-corrected chi connectivity index (χ3v) is 4.11. The van der Waals surface area contributed by atoms with Gasteiger partial charge in [0.1, 0.15) is 5.01 Å². The number of nitrogens with zero attached hydrogens (tertiary/aromatic N) is 1. The maximum absolute atomic E-state index is 5.78. The van der Waals surface area contributed by atoms with Gasteiger partial charge in [-0.1, -0.05) is 12.1 Å². The number of benzene rings is 1. The quantitative estimate of drug-likeness (QED) is 0.931. The van der Waals surface area contributed by atoms with Gasteiger partial charge in [-0.25, -0.2) is 4.98 Å². The summed E-state index contributed by atoms with van der Waals surface area (Å²) < 4.78 is 12.7. The molecular weight excluding hydrogens is 260 g/mol. The van der Waals surface area contributed by atoms with Crippen molar-refractivity contribution in [3.63, 3.8) is 0 Å². The lowest BCUT2D eigenvalue weighted by Gasteiger charge is -2.28. The molecule has 0 spiro atoms. The molecule has 1 saturated heterocycles. The third kappa shape index (κ3) is 3.30. The summed E-state index contributed by atoms with van der Waals surface area (Å²) in [5, 5.41) is 4.36. The molecule has 1 aliphatic heterocycles. The molecule has 1 aromatic carbocycles. The number of nitrogens with one attached hydrogen (secondary N) is 1. The summed E-state index contributed by atoms with van der Waals surface area (Å²) in [5.41, 5.74) is 1.05. The normalized spacial score (nSPS) is 23.8. The Morgan fingerprint density at radius 1 is 1.42 bits per heavy atom. The van der Waals surface area contributed by atoms with Crippen LogP contribution in [0.2, 0.25) is 0 Å². The molecule has 1 fully saturated rings. The number of thiazole rings is 1. The van der Waals surface area contributed by atoms with Crippen molar-refractivity contribution in [1.82, 2.24) is 10.3 Å². The van der Waals surface area contributed by atoms with E-state index in [-0.39, 0.29) is 12.2 Å². The maximum Gasteiger partial charge on any atom is 0.120 e. The largest absolute Gasteiger partial charge is 0.372 e. The lowest BCUT2D eigenvalue weighted by atomic mass is 10.2. The van der Waals surface area contributed by atoms with Crippen molar-refractivity contribution in [2.24, 2.45) is 0 Å². The molecule has 0 saturated carbocycles. The Bertz CT molecular complexity index is 510. The van der Waals surface area contributed by atoms with Crippen molar-refractivity contribution in [2.75, 3.05) is 19.7 Å². The molecule has 2 heterocycles. The highest BCUT2D eigenvalue weighted by atomic mass is 32.1. The highest BCUT2D eigenvalue weighted by Gasteiger charge is 2.18. The van der Waals surface area contributed by atoms with E-state index in [0.717, 1.165) is 23.6 Å². The van der Waals surface area contributed by atoms with Crippen LogP contribution in [0.3, 0.4) is 0 Å². The Labute approximate surface area is 116 Å². The molecule has 2 aromatic rings. The van der Waals surface area contributed by atoms with Crippen LogP contribution in [0.1, 0.15) is 11.9 Å². The van der Waals surface area contributed by atoms with Crippen molar-refractivity contribution in [1.29, 1.82) is 0 Å². The predicted octanol–water partition coefficient (Wildman–Crippen LogP) is 2.19. The summed E-state index contributed by atoms with van der Waals surface area (Å²) in [5.74, 6) is 0. The zero-order valence-electron chi connectivity index (χ0n) is 11.0. The first-order valence-corrected chi connectivity index (χ1v) is 7.41. The lowest BCUT2D eigenvalue weighted by Crippen LogP contribution is -2.45. The first kappa shape index (κ1) is 13.0. The molecule has 0 bridgehead atoms. The van der Waals surface area contributed by atoms with E-state index in [1.165, 1.54) is 4.70 Å². The van der Waals surface area contributed by atoms with Gasteiger partial charge < -0.3 is 14.8 Å². The van der Waals surface area contributed by atoms with Gasteiger partial charge in [0, 0.05) is 13.1 Å². The molecule has 1 aliphatic rings. The first-order chi connectivity index (χ1) is 9.31. The molecule has 3 rings (SSSR count). The molecule has 0 radical (unpaired) electrons. The van der Waals surface area contributed by atoms with Gasteiger partial charge in [-0.2, -0.15) is 0 Å². The molecule has 0 amide bonds. The van der Waals surface area contributed by atoms with Crippen LogP contribution >= 0.6 is 11.3 Å². The van der Waals surface area contributed by atoms with Gasteiger partial charge in [-0.15, -0.1) is 11.3 Å². The van der Waals surface area contributed by atoms with Crippen LogP contribution in [0.25, 0.3) is 10.2 Å². The first-order valence-electron chi connectivity index (χ1n) is 6.59. The van der Waals surface area contributed by atoms with E-state index in [1.807, 2.05) is 18.2 Å². The van der Waals surface area contributed by atoms with Crippen LogP contribution in [0.4, 0.5) is 0 Å². The zero-order valence-corrected chi connectivity index (χ0v) is 11.8. The van der Waals surface area contributed by atoms with Crippen molar-refractivity contribution >= 4 is 21.6 Å². The lowest BCUT2D eigenvalue weighted by molar-refractivity contribution is -0.0716. The average Bonchev–Trinajstić information content (AvgIpc) is 2.81. The van der Waals surface area contributed by atoms with Crippen molar-refractivity contribution in [2.45, 2.75) is 25.7 Å². The Kier molecular flexibility index (Phi) is 4.08. The molecule has 5 heteroatoms. The van der Waals surface area contributed by atoms with Crippen LogP contribution in [0.5, 0.6) is 0 Å². The standard InChI is InChI=1S/C14H18N2O2S/c1-10-6-15-7-11(18-10)8-17-9-14-16-12-4-2-3-5-13(12)19-14/h2-5,10-11,15H,6-9H2,1H3. The third-order valence-electron chi connectivity index (χ3n) is 3.10. The van der Waals surface area contributed by atoms with Gasteiger partial charge in [0.15, 0.2) is 0 Å². The second kappa shape index (κ2) is 5.96. The number of ether oxygens (including phenoxy) is 2. The number of hydrogen-bond acceptors (Lipinski definition) is 5. The van der Waals surface area contributed by atoms with Crippen molar-refractivity contribution in [3.05, 3.63) is 29.3 Å². The second-order valence-electron chi connectivity index (χ2n) is 4.82. The number of hydrogen-bond donors (Lipinski definition) is 1. The average molecular weight is 278 g/mol. The van der Waals surface area contributed by atoms with Crippen LogP contribution in [-0.4, -0.2) is 36.9 Å². The minimum Gasteiger partial charge on any atom is -0.372 e. The highest BCUT2D eigenvalue weighted by molar-refractivity contribution is 7.18. The van der Waals surface area contributed by atoms with Gasteiger partial charge in [-0.3, -0.25) is 0 Å². The molecule has 102 valence electrons. The van der Waals surface area contributed by atoms with Crippen LogP contribution < -0.4 is 5.32 Å². The van der Waals surface area contributed by atoms with Gasteiger partial charge in [-0.05, 0) is 19.1 Å². The molecular formula is C14H18N2O2S. The van der Waals surface area contributed by atoms with E-state index in [0.29, 0.717) is 13.2 Å². The maximum atomic E-state index is 5.78. The highest BCUT2D eigenvalue weighted by Crippen LogP contribution is 2.22. The molecule has 4 nitrogen and oxygen atoms in total. The van der Waals surface area contributed by atoms with Gasteiger partial charge in [0.2, 0.25) is 0 Å². The van der Waals surface area contributed by atoms with Crippen molar-refractivity contribution in [3.8, 4) is 0 Å². The van der Waals surface area contributed by atoms with Crippen molar-refractivity contribution < 1.29 is 9.47 Å². The fourth-order valence-corrected chi connectivity index (χ4v) is 3.13. The van der Waals surface area contributed by atoms with E-state index < -0.39 is 0 Å². The topological polar surface area (TPSA) is 43.4 Å². The Morgan fingerprint density at radius 2 is 2.32 bits per heavy atom. The fraction of sp³-hybridized carbons (Fsp3) is 0.500. The predicted molar refractivity (Wildman–Crippen MR) is 76.5 cm³/mol. The molecule has 2 unspecified atom stereocenters. The summed E-state index contributed by atoms with van der Waals surface area (Å²) >= 11 is 1.69. The van der Waals surface area contributed by atoms with E-state index in [4.69, 9.17) is 9.47 Å². The molecule has 2 atom stereocenters.